The first kappa shape index (κ1) is 10.8. The minimum Gasteiger partial charge on any atom is -0.403 e. The third kappa shape index (κ3) is 3.51. The Labute approximate surface area is 84.6 Å². The predicted octanol–water partition coefficient (Wildman–Crippen LogP) is 1.64. The van der Waals surface area contributed by atoms with Gasteiger partial charge in [0.2, 0.25) is 0 Å². The van der Waals surface area contributed by atoms with Crippen molar-refractivity contribution >= 4 is 29.0 Å². The van der Waals surface area contributed by atoms with E-state index in [0.717, 1.165) is 0 Å². The normalized spacial score (nSPS) is 11.2. The van der Waals surface area contributed by atoms with Crippen LogP contribution in [0.2, 0.25) is 0 Å². The highest BCUT2D eigenvalue weighted by Gasteiger charge is 2.17. The second kappa shape index (κ2) is 4.28. The molecule has 1 rings (SSSR count). The van der Waals surface area contributed by atoms with Gasteiger partial charge >= 0.3 is 7.82 Å². The molecule has 0 spiro atoms. The van der Waals surface area contributed by atoms with Gasteiger partial charge in [-0.15, -0.1) is 0 Å². The zero-order valence-electron chi connectivity index (χ0n) is 6.25. The second-order valence-corrected chi connectivity index (χ2v) is 4.86. The van der Waals surface area contributed by atoms with Crippen molar-refractivity contribution in [2.45, 2.75) is 0 Å². The van der Waals surface area contributed by atoms with Gasteiger partial charge < -0.3 is 4.52 Å². The number of rotatable bonds is 3. The van der Waals surface area contributed by atoms with E-state index in [2.05, 4.69) is 4.52 Å². The molecule has 0 radical (unpaired) electrons. The predicted molar refractivity (Wildman–Crippen MR) is 52.5 cm³/mol. The number of para-hydroxylation sites is 1. The van der Waals surface area contributed by atoms with Gasteiger partial charge in [-0.05, 0) is 12.1 Å². The van der Waals surface area contributed by atoms with Gasteiger partial charge in [-0.2, -0.15) is 0 Å². The van der Waals surface area contributed by atoms with Crippen LogP contribution in [0.5, 0.6) is 5.75 Å². The van der Waals surface area contributed by atoms with E-state index in [1.807, 2.05) is 0 Å². The zero-order chi connectivity index (χ0) is 9.90. The Morgan fingerprint density at radius 3 is 2.46 bits per heavy atom. The van der Waals surface area contributed by atoms with Gasteiger partial charge in [-0.3, -0.25) is 12.9 Å². The summed E-state index contributed by atoms with van der Waals surface area (Å²) in [6.45, 7) is 0. The van der Waals surface area contributed by atoms with Crippen LogP contribution in [0.3, 0.4) is 0 Å². The van der Waals surface area contributed by atoms with Crippen molar-refractivity contribution in [1.82, 2.24) is 0 Å². The smallest absolute Gasteiger partial charge is 0.403 e. The van der Waals surface area contributed by atoms with Gasteiger partial charge in [0, 0.05) is 0 Å². The van der Waals surface area contributed by atoms with Gasteiger partial charge in [-0.25, -0.2) is 4.57 Å². The fourth-order valence-electron chi connectivity index (χ4n) is 0.711. The molecule has 7 heteroatoms. The number of hydrogen-bond acceptors (Lipinski definition) is 3. The van der Waals surface area contributed by atoms with Crippen molar-refractivity contribution in [3.8, 4) is 5.75 Å². The molecule has 5 nitrogen and oxygen atoms in total. The van der Waals surface area contributed by atoms with E-state index in [1.54, 1.807) is 12.1 Å². The lowest BCUT2D eigenvalue weighted by Gasteiger charge is -2.07. The number of hydrogen-bond donors (Lipinski definition) is 2. The number of phosphoric acid groups is 1. The zero-order valence-corrected chi connectivity index (χ0v) is 9.31. The molecular weight excluding hydrogens is 310 g/mol. The van der Waals surface area contributed by atoms with Crippen LogP contribution in [-0.2, 0) is 7.63 Å². The summed E-state index contributed by atoms with van der Waals surface area (Å²) in [5.41, 5.74) is 0. The maximum Gasteiger partial charge on any atom is 0.524 e. The van der Waals surface area contributed by atoms with E-state index in [4.69, 9.17) is 9.79 Å². The molecule has 0 fully saturated rings. The Bertz CT molecular complexity index is 360. The lowest BCUT2D eigenvalue weighted by Crippen LogP contribution is -1.91. The number of halogens is 1. The molecule has 13 heavy (non-hydrogen) atoms. The van der Waals surface area contributed by atoms with Crippen LogP contribution in [0.15, 0.2) is 24.3 Å². The van der Waals surface area contributed by atoms with E-state index < -0.39 is 29.0 Å². The monoisotopic (exact) mass is 316 g/mol. The van der Waals surface area contributed by atoms with Gasteiger partial charge in [0.15, 0.2) is 21.2 Å². The summed E-state index contributed by atoms with van der Waals surface area (Å²) in [5.74, 6) is -0.0152. The molecule has 0 heterocycles. The maximum atomic E-state index is 10.6. The lowest BCUT2D eigenvalue weighted by atomic mass is 10.3. The molecule has 0 unspecified atom stereocenters. The Hall–Kier alpha value is -0.300. The largest absolute Gasteiger partial charge is 0.524 e. The van der Waals surface area contributed by atoms with Crippen LogP contribution in [0.25, 0.3) is 0 Å². The van der Waals surface area contributed by atoms with Crippen LogP contribution < -0.4 is 4.52 Å². The Morgan fingerprint density at radius 1 is 1.31 bits per heavy atom. The summed E-state index contributed by atoms with van der Waals surface area (Å²) in [7, 11) is -4.55. The Kier molecular flexibility index (Phi) is 3.55. The Balaban J connectivity index is 3.00. The van der Waals surface area contributed by atoms with Crippen LogP contribution in [0, 0.1) is 3.57 Å². The highest BCUT2D eigenvalue weighted by atomic mass is 127. The first-order valence-electron chi connectivity index (χ1n) is 3.14. The minimum atomic E-state index is -4.55. The van der Waals surface area contributed by atoms with Crippen molar-refractivity contribution in [3.05, 3.63) is 27.8 Å². The molecule has 1 aromatic rings. The summed E-state index contributed by atoms with van der Waals surface area (Å²) in [4.78, 5) is 17.0. The number of phosphoric ester groups is 1. The molecule has 0 aromatic heterocycles. The van der Waals surface area contributed by atoms with Crippen LogP contribution in [0.4, 0.5) is 0 Å². The van der Waals surface area contributed by atoms with Gasteiger partial charge in [-0.1, -0.05) is 12.1 Å². The van der Waals surface area contributed by atoms with Gasteiger partial charge in [0.05, 0.1) is 3.57 Å². The average molecular weight is 316 g/mol. The summed E-state index contributed by atoms with van der Waals surface area (Å²) >= 11 is -1.49. The van der Waals surface area contributed by atoms with Crippen molar-refractivity contribution in [2.75, 3.05) is 0 Å². The minimum absolute atomic E-state index is 0.0152. The molecule has 72 valence electrons. The summed E-state index contributed by atoms with van der Waals surface area (Å²) < 4.78 is 25.7. The van der Waals surface area contributed by atoms with E-state index in [1.165, 1.54) is 12.1 Å². The molecule has 0 aliphatic carbocycles. The average Bonchev–Trinajstić information content (AvgIpc) is 2.02. The molecule has 2 N–H and O–H groups in total. The molecule has 0 saturated heterocycles. The lowest BCUT2D eigenvalue weighted by molar-refractivity contribution is 0.282. The summed E-state index contributed by atoms with van der Waals surface area (Å²) in [6, 6.07) is 6.05. The van der Waals surface area contributed by atoms with Crippen LogP contribution in [-0.4, -0.2) is 9.79 Å². The first-order valence-corrected chi connectivity index (χ1v) is 6.63. The quantitative estimate of drug-likeness (QED) is 0.654. The van der Waals surface area contributed by atoms with Gasteiger partial charge in [0.1, 0.15) is 5.75 Å². The molecule has 1 aromatic carbocycles. The van der Waals surface area contributed by atoms with Crippen molar-refractivity contribution in [3.63, 3.8) is 0 Å². The fourth-order valence-corrected chi connectivity index (χ4v) is 2.16. The first-order chi connectivity index (χ1) is 6.03. The highest BCUT2D eigenvalue weighted by molar-refractivity contribution is 14.1. The molecular formula is C6H6IO5P. The molecule has 0 atom stereocenters. The standard InChI is InChI=1S/C6H6IO5P/c8-7-5-3-1-2-4-6(5)12-13(9,10)11/h1-4H,(H2,9,10,11). The molecule has 0 aliphatic heterocycles. The van der Waals surface area contributed by atoms with Crippen molar-refractivity contribution in [2.24, 2.45) is 0 Å². The fraction of sp³-hybridized carbons (Fsp3) is 0. The Morgan fingerprint density at radius 2 is 1.92 bits per heavy atom. The molecule has 0 bridgehead atoms. The summed E-state index contributed by atoms with van der Waals surface area (Å²) in [5, 5.41) is 0. The molecule has 0 aliphatic rings. The third-order valence-electron chi connectivity index (χ3n) is 1.14. The van der Waals surface area contributed by atoms with Crippen molar-refractivity contribution in [1.29, 1.82) is 0 Å². The topological polar surface area (TPSA) is 83.8 Å². The van der Waals surface area contributed by atoms with Crippen LogP contribution >= 0.6 is 29.0 Å². The molecule has 0 amide bonds. The number of benzene rings is 1. The van der Waals surface area contributed by atoms with Crippen molar-refractivity contribution < 1.29 is 21.9 Å². The van der Waals surface area contributed by atoms with E-state index in [9.17, 15) is 7.63 Å². The highest BCUT2D eigenvalue weighted by Crippen LogP contribution is 2.39. The second-order valence-electron chi connectivity index (χ2n) is 2.09. The maximum absolute atomic E-state index is 10.6. The van der Waals surface area contributed by atoms with Crippen LogP contribution in [0.1, 0.15) is 0 Å². The van der Waals surface area contributed by atoms with E-state index in [-0.39, 0.29) is 5.75 Å². The summed E-state index contributed by atoms with van der Waals surface area (Å²) in [6.07, 6.45) is 0. The molecule has 0 saturated carbocycles. The van der Waals surface area contributed by atoms with E-state index >= 15 is 0 Å². The SMILES string of the molecule is O=Ic1ccccc1OP(=O)(O)O. The third-order valence-corrected chi connectivity index (χ3v) is 2.94. The van der Waals surface area contributed by atoms with Gasteiger partial charge in [0.25, 0.3) is 0 Å². The van der Waals surface area contributed by atoms with E-state index in [0.29, 0.717) is 3.57 Å².